The Kier molecular flexibility index (Phi) is 6.33. The zero-order valence-corrected chi connectivity index (χ0v) is 15.9. The van der Waals surface area contributed by atoms with Crippen LogP contribution in [-0.4, -0.2) is 22.9 Å². The predicted molar refractivity (Wildman–Crippen MR) is 100 cm³/mol. The minimum Gasteiger partial charge on any atom is -0.448 e. The van der Waals surface area contributed by atoms with Gasteiger partial charge in [-0.3, -0.25) is 14.9 Å². The molecule has 7 nitrogen and oxygen atoms in total. The lowest BCUT2D eigenvalue weighted by Gasteiger charge is -2.13. The summed E-state index contributed by atoms with van der Waals surface area (Å²) in [5.41, 5.74) is 0.870. The fourth-order valence-corrected chi connectivity index (χ4v) is 3.36. The van der Waals surface area contributed by atoms with E-state index in [1.807, 2.05) is 13.8 Å². The molecule has 0 aliphatic carbocycles. The number of hydrogen-bond acceptors (Lipinski definition) is 6. The molecule has 1 unspecified atom stereocenters. The van der Waals surface area contributed by atoms with E-state index in [1.165, 1.54) is 30.4 Å². The summed E-state index contributed by atoms with van der Waals surface area (Å²) in [4.78, 5) is 36.2. The summed E-state index contributed by atoms with van der Waals surface area (Å²) in [5, 5.41) is 13.4. The van der Waals surface area contributed by atoms with Crippen molar-refractivity contribution in [1.82, 2.24) is 0 Å². The molecule has 0 saturated carbocycles. The molecule has 2 rings (SSSR count). The van der Waals surface area contributed by atoms with Gasteiger partial charge in [0.15, 0.2) is 6.10 Å². The van der Waals surface area contributed by atoms with Gasteiger partial charge in [0.1, 0.15) is 4.88 Å². The van der Waals surface area contributed by atoms with E-state index in [9.17, 15) is 19.7 Å². The van der Waals surface area contributed by atoms with E-state index >= 15 is 0 Å². The predicted octanol–water partition coefficient (Wildman–Crippen LogP) is 4.36. The van der Waals surface area contributed by atoms with Crippen LogP contribution in [0.1, 0.15) is 34.0 Å². The number of amides is 1. The number of carbonyl (C=O) groups is 2. The van der Waals surface area contributed by atoms with Crippen molar-refractivity contribution in [1.29, 1.82) is 0 Å². The number of nitrogens with zero attached hydrogens (tertiary/aromatic N) is 1. The highest BCUT2D eigenvalue weighted by molar-refractivity contribution is 7.14. The van der Waals surface area contributed by atoms with Crippen LogP contribution >= 0.6 is 22.9 Å². The first-order valence-electron chi connectivity index (χ1n) is 7.78. The van der Waals surface area contributed by atoms with E-state index in [-0.39, 0.29) is 16.4 Å². The maximum absolute atomic E-state index is 12.2. The number of aryl methyl sites for hydroxylation is 2. The standard InChI is InChI=1S/C17H17ClN2O5S/c1-4-14-9(2)7-15(26-14)17(22)25-10(3)16(21)19-13-8-11(20(23)24)5-6-12(13)18/h5-8,10H,4H2,1-3H3,(H,19,21). The van der Waals surface area contributed by atoms with E-state index in [0.29, 0.717) is 4.88 Å². The Morgan fingerprint density at radius 3 is 2.65 bits per heavy atom. The maximum atomic E-state index is 12.2. The second-order valence-electron chi connectivity index (χ2n) is 5.53. The summed E-state index contributed by atoms with van der Waals surface area (Å²) in [6.07, 6.45) is -0.282. The van der Waals surface area contributed by atoms with Gasteiger partial charge in [-0.2, -0.15) is 0 Å². The molecule has 2 aromatic rings. The van der Waals surface area contributed by atoms with E-state index < -0.39 is 22.9 Å². The smallest absolute Gasteiger partial charge is 0.349 e. The highest BCUT2D eigenvalue weighted by Crippen LogP contribution is 2.27. The highest BCUT2D eigenvalue weighted by Gasteiger charge is 2.22. The van der Waals surface area contributed by atoms with Gasteiger partial charge in [0.05, 0.1) is 15.6 Å². The van der Waals surface area contributed by atoms with Crippen LogP contribution in [0.15, 0.2) is 24.3 Å². The minimum absolute atomic E-state index is 0.0778. The molecule has 1 aromatic heterocycles. The largest absolute Gasteiger partial charge is 0.448 e. The second-order valence-corrected chi connectivity index (χ2v) is 7.07. The van der Waals surface area contributed by atoms with Crippen molar-refractivity contribution in [2.75, 3.05) is 5.32 Å². The third kappa shape index (κ3) is 4.59. The number of thiophene rings is 1. The van der Waals surface area contributed by atoms with Crippen molar-refractivity contribution in [3.63, 3.8) is 0 Å². The number of anilines is 1. The summed E-state index contributed by atoms with van der Waals surface area (Å²) in [7, 11) is 0. The van der Waals surface area contributed by atoms with E-state index in [1.54, 1.807) is 6.07 Å². The second kappa shape index (κ2) is 8.29. The van der Waals surface area contributed by atoms with Gasteiger partial charge in [0.25, 0.3) is 11.6 Å². The van der Waals surface area contributed by atoms with Crippen molar-refractivity contribution in [2.24, 2.45) is 0 Å². The lowest BCUT2D eigenvalue weighted by Crippen LogP contribution is -2.29. The number of ether oxygens (including phenoxy) is 1. The van der Waals surface area contributed by atoms with Crippen molar-refractivity contribution < 1.29 is 19.2 Å². The molecule has 0 saturated heterocycles. The Balaban J connectivity index is 2.06. The third-order valence-corrected chi connectivity index (χ3v) is 5.31. The summed E-state index contributed by atoms with van der Waals surface area (Å²) in [5.74, 6) is -1.23. The zero-order chi connectivity index (χ0) is 19.4. The Morgan fingerprint density at radius 1 is 1.38 bits per heavy atom. The quantitative estimate of drug-likeness (QED) is 0.444. The maximum Gasteiger partial charge on any atom is 0.349 e. The molecule has 26 heavy (non-hydrogen) atoms. The normalized spacial score (nSPS) is 11.7. The van der Waals surface area contributed by atoms with Crippen molar-refractivity contribution in [2.45, 2.75) is 33.3 Å². The number of nitro groups is 1. The fourth-order valence-electron chi connectivity index (χ4n) is 2.20. The average Bonchev–Trinajstić information content (AvgIpc) is 2.97. The van der Waals surface area contributed by atoms with Gasteiger partial charge in [-0.05, 0) is 38.0 Å². The van der Waals surface area contributed by atoms with Crippen LogP contribution in [0.4, 0.5) is 11.4 Å². The Labute approximate surface area is 159 Å². The van der Waals surface area contributed by atoms with E-state index in [4.69, 9.17) is 16.3 Å². The SMILES string of the molecule is CCc1sc(C(=O)OC(C)C(=O)Nc2cc([N+](=O)[O-])ccc2Cl)cc1C. The molecule has 1 amide bonds. The third-order valence-electron chi connectivity index (χ3n) is 3.61. The molecule has 0 fully saturated rings. The van der Waals surface area contributed by atoms with Gasteiger partial charge in [-0.1, -0.05) is 18.5 Å². The lowest BCUT2D eigenvalue weighted by molar-refractivity contribution is -0.384. The molecular weight excluding hydrogens is 380 g/mol. The first-order chi connectivity index (χ1) is 12.2. The Bertz CT molecular complexity index is 865. The number of rotatable bonds is 6. The van der Waals surface area contributed by atoms with Gasteiger partial charge in [-0.25, -0.2) is 4.79 Å². The van der Waals surface area contributed by atoms with Crippen LogP contribution < -0.4 is 5.32 Å². The molecule has 0 radical (unpaired) electrons. The van der Waals surface area contributed by atoms with E-state index in [0.717, 1.165) is 22.9 Å². The van der Waals surface area contributed by atoms with Crippen molar-refractivity contribution in [3.8, 4) is 0 Å². The molecule has 0 aliphatic heterocycles. The topological polar surface area (TPSA) is 98.5 Å². The molecule has 1 aromatic carbocycles. The van der Waals surface area contributed by atoms with Crippen LogP contribution in [0.3, 0.4) is 0 Å². The van der Waals surface area contributed by atoms with Crippen LogP contribution in [-0.2, 0) is 16.0 Å². The van der Waals surface area contributed by atoms with Gasteiger partial charge in [0.2, 0.25) is 0 Å². The molecule has 0 spiro atoms. The number of esters is 1. The average molecular weight is 397 g/mol. The highest BCUT2D eigenvalue weighted by atomic mass is 35.5. The molecule has 1 atom stereocenters. The zero-order valence-electron chi connectivity index (χ0n) is 14.4. The molecular formula is C17H17ClN2O5S. The molecule has 138 valence electrons. The monoisotopic (exact) mass is 396 g/mol. The van der Waals surface area contributed by atoms with Crippen LogP contribution in [0.25, 0.3) is 0 Å². The van der Waals surface area contributed by atoms with E-state index in [2.05, 4.69) is 5.32 Å². The number of halogens is 1. The van der Waals surface area contributed by atoms with Gasteiger partial charge in [-0.15, -0.1) is 11.3 Å². The molecule has 0 bridgehead atoms. The fraction of sp³-hybridized carbons (Fsp3) is 0.294. The summed E-state index contributed by atoms with van der Waals surface area (Å²) in [6.45, 7) is 5.32. The van der Waals surface area contributed by atoms with Crippen molar-refractivity contribution >= 4 is 46.2 Å². The first kappa shape index (κ1) is 19.9. The molecule has 9 heteroatoms. The van der Waals surface area contributed by atoms with Crippen molar-refractivity contribution in [3.05, 3.63) is 54.7 Å². The summed E-state index contributed by atoms with van der Waals surface area (Å²) < 4.78 is 5.18. The number of carbonyl (C=O) groups excluding carboxylic acids is 2. The Morgan fingerprint density at radius 2 is 2.08 bits per heavy atom. The number of benzene rings is 1. The summed E-state index contributed by atoms with van der Waals surface area (Å²) in [6, 6.07) is 5.41. The molecule has 0 aliphatic rings. The van der Waals surface area contributed by atoms with Crippen LogP contribution in [0.5, 0.6) is 0 Å². The van der Waals surface area contributed by atoms with Gasteiger partial charge >= 0.3 is 5.97 Å². The first-order valence-corrected chi connectivity index (χ1v) is 8.97. The van der Waals surface area contributed by atoms with Gasteiger partial charge in [0, 0.05) is 17.0 Å². The molecule has 1 heterocycles. The number of non-ortho nitro benzene ring substituents is 1. The number of nitrogens with one attached hydrogen (secondary N) is 1. The minimum atomic E-state index is -1.09. The Hall–Kier alpha value is -2.45. The van der Waals surface area contributed by atoms with Crippen LogP contribution in [0, 0.1) is 17.0 Å². The van der Waals surface area contributed by atoms with Gasteiger partial charge < -0.3 is 10.1 Å². The number of nitro benzene ring substituents is 1. The molecule has 1 N–H and O–H groups in total. The summed E-state index contributed by atoms with van der Waals surface area (Å²) >= 11 is 7.27. The van der Waals surface area contributed by atoms with Crippen LogP contribution in [0.2, 0.25) is 5.02 Å². The number of hydrogen-bond donors (Lipinski definition) is 1. The lowest BCUT2D eigenvalue weighted by atomic mass is 10.2.